The van der Waals surface area contributed by atoms with Gasteiger partial charge in [0.15, 0.2) is 5.69 Å². The molecule has 0 spiro atoms. The lowest BCUT2D eigenvalue weighted by Gasteiger charge is -2.34. The number of piperidine rings is 1. The maximum atomic E-state index is 12.6. The monoisotopic (exact) mass is 343 g/mol. The Bertz CT molecular complexity index is 668. The fraction of sp³-hybridized carbons (Fsp3) is 0.769. The molecule has 2 aliphatic rings. The van der Waals surface area contributed by atoms with Crippen molar-refractivity contribution in [1.82, 2.24) is 23.6 Å². The summed E-state index contributed by atoms with van der Waals surface area (Å²) in [7, 11) is -3.37. The second-order valence-electron chi connectivity index (χ2n) is 6.11. The quantitative estimate of drug-likeness (QED) is 0.808. The first-order chi connectivity index (χ1) is 11.0. The summed E-state index contributed by atoms with van der Waals surface area (Å²) in [6.07, 6.45) is 4.93. The largest absolute Gasteiger partial charge is 0.476 e. The van der Waals surface area contributed by atoms with Crippen LogP contribution < -0.4 is 0 Å². The van der Waals surface area contributed by atoms with E-state index in [-0.39, 0.29) is 11.6 Å². The fourth-order valence-corrected chi connectivity index (χ4v) is 5.02. The Labute approximate surface area is 135 Å². The predicted molar refractivity (Wildman–Crippen MR) is 81.0 cm³/mol. The van der Waals surface area contributed by atoms with Gasteiger partial charge < -0.3 is 5.11 Å². The zero-order valence-electron chi connectivity index (χ0n) is 12.8. The minimum atomic E-state index is -3.37. The molecule has 0 aliphatic carbocycles. The molecule has 1 aromatic heterocycles. The number of nitrogens with zero attached hydrogens (tertiary/aromatic N) is 5. The molecular formula is C13H21N5O4S. The van der Waals surface area contributed by atoms with Gasteiger partial charge in [-0.1, -0.05) is 5.21 Å². The third-order valence-electron chi connectivity index (χ3n) is 4.40. The molecule has 0 aromatic carbocycles. The van der Waals surface area contributed by atoms with Crippen molar-refractivity contribution in [3.8, 4) is 0 Å². The van der Waals surface area contributed by atoms with Crippen LogP contribution in [0.4, 0.5) is 0 Å². The number of hydrogen-bond acceptors (Lipinski definition) is 5. The minimum absolute atomic E-state index is 0.0950. The Kier molecular flexibility index (Phi) is 4.64. The van der Waals surface area contributed by atoms with Crippen LogP contribution in [0.15, 0.2) is 6.20 Å². The van der Waals surface area contributed by atoms with E-state index in [0.29, 0.717) is 32.7 Å². The highest BCUT2D eigenvalue weighted by Gasteiger charge is 2.35. The standard InChI is InChI=1S/C13H21N5O4S/c19-13(20)12-10-16(15-14-12)8-11-4-3-7-18(9-11)23(21,22)17-5-1-2-6-17/h10-11H,1-9H2,(H,19,20)/t11-/m0/s1. The molecule has 2 saturated heterocycles. The van der Waals surface area contributed by atoms with Gasteiger partial charge in [-0.05, 0) is 31.6 Å². The Balaban J connectivity index is 1.64. The van der Waals surface area contributed by atoms with Gasteiger partial charge in [0.05, 0.1) is 6.20 Å². The molecule has 9 nitrogen and oxygen atoms in total. The average molecular weight is 343 g/mol. The Morgan fingerprint density at radius 3 is 2.57 bits per heavy atom. The summed E-state index contributed by atoms with van der Waals surface area (Å²) in [4.78, 5) is 10.8. The van der Waals surface area contributed by atoms with Gasteiger partial charge in [-0.15, -0.1) is 5.10 Å². The van der Waals surface area contributed by atoms with Gasteiger partial charge in [-0.25, -0.2) is 4.79 Å². The van der Waals surface area contributed by atoms with E-state index in [1.54, 1.807) is 8.61 Å². The molecule has 1 aromatic rings. The van der Waals surface area contributed by atoms with Crippen LogP contribution in [0.1, 0.15) is 36.2 Å². The number of rotatable bonds is 5. The molecule has 0 unspecified atom stereocenters. The predicted octanol–water partition coefficient (Wildman–Crippen LogP) is 0.0289. The Morgan fingerprint density at radius 2 is 1.91 bits per heavy atom. The number of aromatic carboxylic acids is 1. The van der Waals surface area contributed by atoms with Gasteiger partial charge in [0, 0.05) is 32.7 Å². The van der Waals surface area contributed by atoms with Crippen molar-refractivity contribution < 1.29 is 18.3 Å². The maximum absolute atomic E-state index is 12.6. The molecule has 23 heavy (non-hydrogen) atoms. The summed E-state index contributed by atoms with van der Waals surface area (Å²) in [6, 6.07) is 0. The molecule has 3 heterocycles. The van der Waals surface area contributed by atoms with Crippen molar-refractivity contribution in [2.75, 3.05) is 26.2 Å². The molecule has 128 valence electrons. The third-order valence-corrected chi connectivity index (χ3v) is 6.40. The number of hydrogen-bond donors (Lipinski definition) is 1. The maximum Gasteiger partial charge on any atom is 0.358 e. The smallest absolute Gasteiger partial charge is 0.358 e. The van der Waals surface area contributed by atoms with Gasteiger partial charge in [0.25, 0.3) is 10.2 Å². The first-order valence-corrected chi connectivity index (χ1v) is 9.25. The summed E-state index contributed by atoms with van der Waals surface area (Å²) in [5.41, 5.74) is -0.0950. The normalized spacial score (nSPS) is 24.1. The molecule has 0 saturated carbocycles. The molecule has 0 amide bonds. The van der Waals surface area contributed by atoms with Gasteiger partial charge in [0.1, 0.15) is 0 Å². The lowest BCUT2D eigenvalue weighted by Crippen LogP contribution is -2.47. The number of carboxylic acids is 1. The number of aromatic nitrogens is 3. The lowest BCUT2D eigenvalue weighted by molar-refractivity contribution is 0.0690. The summed E-state index contributed by atoms with van der Waals surface area (Å²) in [5, 5.41) is 16.3. The number of carboxylic acid groups (broad SMARTS) is 1. The van der Waals surface area contributed by atoms with Crippen LogP contribution in [0.3, 0.4) is 0 Å². The van der Waals surface area contributed by atoms with Crippen molar-refractivity contribution in [2.45, 2.75) is 32.2 Å². The van der Waals surface area contributed by atoms with E-state index in [0.717, 1.165) is 25.7 Å². The molecule has 2 fully saturated rings. The highest BCUT2D eigenvalue weighted by molar-refractivity contribution is 7.86. The minimum Gasteiger partial charge on any atom is -0.476 e. The van der Waals surface area contributed by atoms with Crippen LogP contribution in [0.2, 0.25) is 0 Å². The molecule has 3 rings (SSSR count). The zero-order valence-corrected chi connectivity index (χ0v) is 13.7. The highest BCUT2D eigenvalue weighted by atomic mass is 32.2. The lowest BCUT2D eigenvalue weighted by atomic mass is 10.00. The van der Waals surface area contributed by atoms with Crippen LogP contribution in [0.25, 0.3) is 0 Å². The molecule has 0 bridgehead atoms. The summed E-state index contributed by atoms with van der Waals surface area (Å²) in [6.45, 7) is 2.68. The van der Waals surface area contributed by atoms with E-state index in [9.17, 15) is 13.2 Å². The SMILES string of the molecule is O=C(O)c1cn(C[C@@H]2CCCN(S(=O)(=O)N3CCCC3)C2)nn1. The van der Waals surface area contributed by atoms with E-state index < -0.39 is 16.2 Å². The molecule has 1 N–H and O–H groups in total. The van der Waals surface area contributed by atoms with E-state index in [2.05, 4.69) is 10.3 Å². The van der Waals surface area contributed by atoms with Crippen LogP contribution in [0, 0.1) is 5.92 Å². The van der Waals surface area contributed by atoms with E-state index in [1.165, 1.54) is 10.9 Å². The van der Waals surface area contributed by atoms with Gasteiger partial charge in [0.2, 0.25) is 0 Å². The zero-order chi connectivity index (χ0) is 16.4. The van der Waals surface area contributed by atoms with Crippen LogP contribution in [-0.2, 0) is 16.8 Å². The van der Waals surface area contributed by atoms with Crippen molar-refractivity contribution in [3.63, 3.8) is 0 Å². The van der Waals surface area contributed by atoms with Crippen molar-refractivity contribution in [3.05, 3.63) is 11.9 Å². The van der Waals surface area contributed by atoms with Gasteiger partial charge in [-0.2, -0.15) is 17.0 Å². The molecule has 10 heteroatoms. The molecular weight excluding hydrogens is 322 g/mol. The first kappa shape index (κ1) is 16.3. The van der Waals surface area contributed by atoms with Crippen LogP contribution >= 0.6 is 0 Å². The molecule has 2 aliphatic heterocycles. The first-order valence-electron chi connectivity index (χ1n) is 7.85. The second kappa shape index (κ2) is 6.54. The topological polar surface area (TPSA) is 109 Å². The Hall–Kier alpha value is -1.52. The summed E-state index contributed by atoms with van der Waals surface area (Å²) in [5.74, 6) is -0.998. The second-order valence-corrected chi connectivity index (χ2v) is 8.04. The highest BCUT2D eigenvalue weighted by Crippen LogP contribution is 2.24. The fourth-order valence-electron chi connectivity index (χ4n) is 3.22. The average Bonchev–Trinajstić information content (AvgIpc) is 3.19. The van der Waals surface area contributed by atoms with Crippen LogP contribution in [0.5, 0.6) is 0 Å². The van der Waals surface area contributed by atoms with E-state index >= 15 is 0 Å². The van der Waals surface area contributed by atoms with Gasteiger partial charge >= 0.3 is 5.97 Å². The summed E-state index contributed by atoms with van der Waals surface area (Å²) < 4.78 is 29.8. The molecule has 0 radical (unpaired) electrons. The van der Waals surface area contributed by atoms with E-state index in [4.69, 9.17) is 5.11 Å². The van der Waals surface area contributed by atoms with Crippen molar-refractivity contribution >= 4 is 16.2 Å². The van der Waals surface area contributed by atoms with Crippen molar-refractivity contribution in [2.24, 2.45) is 5.92 Å². The van der Waals surface area contributed by atoms with Crippen LogP contribution in [-0.4, -0.2) is 69.3 Å². The van der Waals surface area contributed by atoms with E-state index in [1.807, 2.05) is 0 Å². The molecule has 1 atom stereocenters. The number of carbonyl (C=O) groups is 1. The van der Waals surface area contributed by atoms with Gasteiger partial charge in [-0.3, -0.25) is 4.68 Å². The summed E-state index contributed by atoms with van der Waals surface area (Å²) >= 11 is 0. The van der Waals surface area contributed by atoms with Crippen molar-refractivity contribution in [1.29, 1.82) is 0 Å². The third kappa shape index (κ3) is 3.54. The Morgan fingerprint density at radius 1 is 1.22 bits per heavy atom.